The Morgan fingerprint density at radius 1 is 1.00 bits per heavy atom. The Hall–Kier alpha value is -1.67. The maximum atomic E-state index is 4.43. The van der Waals surface area contributed by atoms with E-state index in [1.54, 1.807) is 0 Å². The third kappa shape index (κ3) is 4.30. The minimum atomic E-state index is 0.424. The summed E-state index contributed by atoms with van der Waals surface area (Å²) < 4.78 is 0. The van der Waals surface area contributed by atoms with Crippen molar-refractivity contribution in [2.75, 3.05) is 14.1 Å². The molecule has 0 aliphatic rings. The van der Waals surface area contributed by atoms with E-state index in [0.29, 0.717) is 5.92 Å². The van der Waals surface area contributed by atoms with Crippen LogP contribution >= 0.6 is 0 Å². The number of hydrogen-bond donors (Lipinski definition) is 1. The van der Waals surface area contributed by atoms with Crippen molar-refractivity contribution in [1.82, 2.24) is 10.3 Å². The van der Waals surface area contributed by atoms with E-state index in [4.69, 9.17) is 0 Å². The van der Waals surface area contributed by atoms with E-state index in [0.717, 1.165) is 12.1 Å². The molecule has 2 rings (SSSR count). The van der Waals surface area contributed by atoms with Gasteiger partial charge in [0.15, 0.2) is 0 Å². The second kappa shape index (κ2) is 8.43. The number of benzene rings is 1. The Morgan fingerprint density at radius 3 is 2.11 bits per heavy atom. The highest BCUT2D eigenvalue weighted by atomic mass is 14.7. The molecule has 1 unspecified atom stereocenters. The molecule has 0 bridgehead atoms. The van der Waals surface area contributed by atoms with Crippen molar-refractivity contribution < 1.29 is 0 Å². The van der Waals surface area contributed by atoms with Crippen LogP contribution in [0.5, 0.6) is 0 Å². The number of rotatable bonds is 3. The molecule has 18 heavy (non-hydrogen) atoms. The van der Waals surface area contributed by atoms with Gasteiger partial charge in [-0.25, -0.2) is 0 Å². The van der Waals surface area contributed by atoms with Gasteiger partial charge in [0.05, 0.1) is 0 Å². The van der Waals surface area contributed by atoms with Gasteiger partial charge in [0.2, 0.25) is 0 Å². The monoisotopic (exact) mass is 242 g/mol. The van der Waals surface area contributed by atoms with Crippen LogP contribution in [0.1, 0.15) is 30.5 Å². The fourth-order valence-corrected chi connectivity index (χ4v) is 1.88. The highest BCUT2D eigenvalue weighted by molar-refractivity contribution is 5.27. The summed E-state index contributed by atoms with van der Waals surface area (Å²) in [4.78, 5) is 4.43. The zero-order chi connectivity index (χ0) is 13.2. The summed E-state index contributed by atoms with van der Waals surface area (Å²) in [7, 11) is 3.75. The van der Waals surface area contributed by atoms with Crippen molar-refractivity contribution in [2.45, 2.75) is 19.3 Å². The van der Waals surface area contributed by atoms with Crippen LogP contribution in [0.3, 0.4) is 0 Å². The highest BCUT2D eigenvalue weighted by Crippen LogP contribution is 2.25. The first-order valence-corrected chi connectivity index (χ1v) is 6.37. The molecule has 0 saturated heterocycles. The zero-order valence-electron chi connectivity index (χ0n) is 11.4. The molecule has 0 fully saturated rings. The number of aromatic nitrogens is 1. The summed E-state index contributed by atoms with van der Waals surface area (Å²) >= 11 is 0. The van der Waals surface area contributed by atoms with E-state index >= 15 is 0 Å². The lowest BCUT2D eigenvalue weighted by Crippen LogP contribution is -2.01. The minimum absolute atomic E-state index is 0.424. The van der Waals surface area contributed by atoms with Gasteiger partial charge in [-0.1, -0.05) is 43.3 Å². The van der Waals surface area contributed by atoms with Crippen molar-refractivity contribution in [1.29, 1.82) is 0 Å². The molecule has 0 aliphatic carbocycles. The lowest BCUT2D eigenvalue weighted by atomic mass is 9.93. The second-order valence-corrected chi connectivity index (χ2v) is 4.13. The van der Waals surface area contributed by atoms with Crippen LogP contribution < -0.4 is 5.32 Å². The third-order valence-electron chi connectivity index (χ3n) is 2.65. The summed E-state index contributed by atoms with van der Waals surface area (Å²) in [6, 6.07) is 16.7. The molecule has 1 heterocycles. The quantitative estimate of drug-likeness (QED) is 0.891. The maximum Gasteiger partial charge on any atom is 0.0478 e. The van der Waals surface area contributed by atoms with E-state index in [1.807, 2.05) is 32.4 Å². The molecule has 1 atom stereocenters. The van der Waals surface area contributed by atoms with Gasteiger partial charge in [-0.2, -0.15) is 0 Å². The summed E-state index contributed by atoms with van der Waals surface area (Å²) in [6.07, 6.45) is 2.95. The third-order valence-corrected chi connectivity index (χ3v) is 2.65. The van der Waals surface area contributed by atoms with E-state index < -0.39 is 0 Å². The normalized spacial score (nSPS) is 11.3. The van der Waals surface area contributed by atoms with Gasteiger partial charge in [0, 0.05) is 17.8 Å². The largest absolute Gasteiger partial charge is 0.323 e. The average Bonchev–Trinajstić information content (AvgIpc) is 2.43. The first kappa shape index (κ1) is 14.4. The Balaban J connectivity index is 0.000000492. The molecular weight excluding hydrogens is 220 g/mol. The fourth-order valence-electron chi connectivity index (χ4n) is 1.88. The van der Waals surface area contributed by atoms with Crippen LogP contribution in [0.25, 0.3) is 0 Å². The number of nitrogens with one attached hydrogen (secondary N) is 1. The lowest BCUT2D eigenvalue weighted by Gasteiger charge is -2.14. The number of pyridine rings is 1. The first-order valence-electron chi connectivity index (χ1n) is 6.37. The van der Waals surface area contributed by atoms with Gasteiger partial charge in [-0.05, 0) is 38.2 Å². The fraction of sp³-hybridized carbons (Fsp3) is 0.312. The molecule has 0 radical (unpaired) electrons. The van der Waals surface area contributed by atoms with Gasteiger partial charge >= 0.3 is 0 Å². The van der Waals surface area contributed by atoms with Gasteiger partial charge in [-0.15, -0.1) is 0 Å². The second-order valence-electron chi connectivity index (χ2n) is 4.13. The Bertz CT molecular complexity index is 372. The van der Waals surface area contributed by atoms with E-state index in [2.05, 4.69) is 53.6 Å². The van der Waals surface area contributed by atoms with Gasteiger partial charge < -0.3 is 5.32 Å². The van der Waals surface area contributed by atoms with Gasteiger partial charge in [0.1, 0.15) is 0 Å². The molecule has 2 nitrogen and oxygen atoms in total. The molecule has 1 aromatic heterocycles. The molecule has 0 aliphatic heterocycles. The predicted octanol–water partition coefficient (Wildman–Crippen LogP) is 3.46. The summed E-state index contributed by atoms with van der Waals surface area (Å²) in [5.41, 5.74) is 2.50. The van der Waals surface area contributed by atoms with E-state index in [1.165, 1.54) is 5.56 Å². The Labute approximate surface area is 110 Å². The summed E-state index contributed by atoms with van der Waals surface area (Å²) in [6.45, 7) is 2.20. The highest BCUT2D eigenvalue weighted by Gasteiger charge is 2.11. The van der Waals surface area contributed by atoms with Crippen LogP contribution in [0.2, 0.25) is 0 Å². The first-order chi connectivity index (χ1) is 8.83. The summed E-state index contributed by atoms with van der Waals surface area (Å²) in [5, 5.41) is 2.75. The van der Waals surface area contributed by atoms with Crippen LogP contribution in [-0.4, -0.2) is 19.1 Å². The van der Waals surface area contributed by atoms with E-state index in [9.17, 15) is 0 Å². The number of nitrogens with zero attached hydrogens (tertiary/aromatic N) is 1. The SMILES string of the molecule is CCC(c1ccccc1)c1ccccn1.CNC. The van der Waals surface area contributed by atoms with Crippen molar-refractivity contribution in [3.63, 3.8) is 0 Å². The molecule has 0 amide bonds. The molecule has 2 heteroatoms. The predicted molar refractivity (Wildman–Crippen MR) is 77.8 cm³/mol. The van der Waals surface area contributed by atoms with Crippen molar-refractivity contribution >= 4 is 0 Å². The van der Waals surface area contributed by atoms with Crippen LogP contribution in [0.15, 0.2) is 54.7 Å². The standard InChI is InChI=1S/C14H15N.C2H7N/c1-2-13(12-8-4-3-5-9-12)14-10-6-7-11-15-14;1-3-2/h3-11,13H,2H2,1H3;3H,1-2H3. The van der Waals surface area contributed by atoms with Crippen LogP contribution in [-0.2, 0) is 0 Å². The topological polar surface area (TPSA) is 24.9 Å². The van der Waals surface area contributed by atoms with Crippen molar-refractivity contribution in [3.8, 4) is 0 Å². The molecule has 0 spiro atoms. The molecular formula is C16H22N2. The van der Waals surface area contributed by atoms with E-state index in [-0.39, 0.29) is 0 Å². The zero-order valence-corrected chi connectivity index (χ0v) is 11.4. The molecule has 2 aromatic rings. The summed E-state index contributed by atoms with van der Waals surface area (Å²) in [5.74, 6) is 0.424. The maximum absolute atomic E-state index is 4.43. The van der Waals surface area contributed by atoms with Crippen molar-refractivity contribution in [3.05, 3.63) is 66.0 Å². The average molecular weight is 242 g/mol. The van der Waals surface area contributed by atoms with Crippen LogP contribution in [0.4, 0.5) is 0 Å². The smallest absolute Gasteiger partial charge is 0.0478 e. The molecule has 0 saturated carbocycles. The van der Waals surface area contributed by atoms with Crippen molar-refractivity contribution in [2.24, 2.45) is 0 Å². The van der Waals surface area contributed by atoms with Gasteiger partial charge in [0.25, 0.3) is 0 Å². The molecule has 1 aromatic carbocycles. The minimum Gasteiger partial charge on any atom is -0.323 e. The Kier molecular flexibility index (Phi) is 6.74. The Morgan fingerprint density at radius 2 is 1.61 bits per heavy atom. The molecule has 1 N–H and O–H groups in total. The molecule has 96 valence electrons. The van der Waals surface area contributed by atoms with Gasteiger partial charge in [-0.3, -0.25) is 4.98 Å². The number of hydrogen-bond acceptors (Lipinski definition) is 2. The lowest BCUT2D eigenvalue weighted by molar-refractivity contribution is 0.749. The van der Waals surface area contributed by atoms with Crippen LogP contribution in [0, 0.1) is 0 Å².